The maximum Gasteiger partial charge on any atom is 0.212 e. The van der Waals surface area contributed by atoms with Crippen LogP contribution in [0.3, 0.4) is 0 Å². The van der Waals surface area contributed by atoms with Crippen LogP contribution < -0.4 is 0 Å². The minimum absolute atomic E-state index is 0.0435. The summed E-state index contributed by atoms with van der Waals surface area (Å²) in [5.74, 6) is -0.736. The van der Waals surface area contributed by atoms with Crippen molar-refractivity contribution in [3.63, 3.8) is 0 Å². The molecule has 1 saturated carbocycles. The van der Waals surface area contributed by atoms with Gasteiger partial charge in [-0.1, -0.05) is 13.0 Å². The molecule has 0 bridgehead atoms. The van der Waals surface area contributed by atoms with Crippen LogP contribution >= 0.6 is 0 Å². The highest BCUT2D eigenvalue weighted by molar-refractivity contribution is 5.09. The lowest BCUT2D eigenvalue weighted by Gasteiger charge is -2.25. The number of aliphatic hydroxyl groups is 2. The van der Waals surface area contributed by atoms with E-state index in [2.05, 4.69) is 6.92 Å². The van der Waals surface area contributed by atoms with Crippen molar-refractivity contribution in [2.45, 2.75) is 50.5 Å². The van der Waals surface area contributed by atoms with E-state index in [0.717, 1.165) is 6.42 Å². The molecule has 2 N–H and O–H groups in total. The molecule has 2 aliphatic heterocycles. The molecule has 3 rings (SSSR count). The number of hydrogen-bond donors (Lipinski definition) is 2. The molecule has 2 heterocycles. The molecule has 126 valence electrons. The van der Waals surface area contributed by atoms with Gasteiger partial charge in [-0.15, -0.1) is 0 Å². The summed E-state index contributed by atoms with van der Waals surface area (Å²) in [4.78, 5) is 0. The van der Waals surface area contributed by atoms with Crippen LogP contribution in [0.1, 0.15) is 26.2 Å². The van der Waals surface area contributed by atoms with Gasteiger partial charge in [0, 0.05) is 25.4 Å². The fourth-order valence-electron chi connectivity index (χ4n) is 3.64. The molecule has 5 atom stereocenters. The van der Waals surface area contributed by atoms with Crippen molar-refractivity contribution in [2.75, 3.05) is 26.4 Å². The Bertz CT molecular complexity index is 392. The molecule has 0 aromatic carbocycles. The smallest absolute Gasteiger partial charge is 0.212 e. The summed E-state index contributed by atoms with van der Waals surface area (Å²) in [7, 11) is 0. The standard InChI is InChI=1S/C16H26O6/c1-2-5-19-10-16(20-6-7-21-16)4-3-11-12-8-15(18)22-14(12)9-13(11)17/h3-4,11-15,17-18H,2,5-10H2,1H3/b4-3+/t11-,12-,13-,14+,15?/m1/s1. The SMILES string of the molecule is CCCOCC1(/C=C/[C@@H]2[C@H]3CC(O)O[C@H]3C[C@H]2O)OCCO1. The monoisotopic (exact) mass is 314 g/mol. The van der Waals surface area contributed by atoms with Gasteiger partial charge in [0.15, 0.2) is 6.29 Å². The number of aliphatic hydroxyl groups excluding tert-OH is 2. The quantitative estimate of drug-likeness (QED) is 0.558. The maximum atomic E-state index is 10.2. The van der Waals surface area contributed by atoms with Crippen LogP contribution in [0.5, 0.6) is 0 Å². The summed E-state index contributed by atoms with van der Waals surface area (Å²) in [6.45, 7) is 4.16. The fourth-order valence-corrected chi connectivity index (χ4v) is 3.64. The molecular formula is C16H26O6. The molecule has 0 radical (unpaired) electrons. The topological polar surface area (TPSA) is 77.4 Å². The van der Waals surface area contributed by atoms with Crippen molar-refractivity contribution in [3.05, 3.63) is 12.2 Å². The van der Waals surface area contributed by atoms with Crippen molar-refractivity contribution in [2.24, 2.45) is 11.8 Å². The van der Waals surface area contributed by atoms with Crippen molar-refractivity contribution >= 4 is 0 Å². The predicted octanol–water partition coefficient (Wildman–Crippen LogP) is 0.817. The largest absolute Gasteiger partial charge is 0.392 e. The molecule has 6 nitrogen and oxygen atoms in total. The molecule has 6 heteroatoms. The predicted molar refractivity (Wildman–Crippen MR) is 78.0 cm³/mol. The lowest BCUT2D eigenvalue weighted by atomic mass is 9.91. The average Bonchev–Trinajstić information content (AvgIpc) is 3.13. The number of ether oxygens (including phenoxy) is 4. The lowest BCUT2D eigenvalue weighted by molar-refractivity contribution is -0.158. The van der Waals surface area contributed by atoms with Gasteiger partial charge in [0.25, 0.3) is 0 Å². The number of rotatable bonds is 6. The molecule has 0 aromatic rings. The molecule has 0 spiro atoms. The third kappa shape index (κ3) is 3.37. The van der Waals surface area contributed by atoms with Gasteiger partial charge in [-0.25, -0.2) is 0 Å². The van der Waals surface area contributed by atoms with Crippen LogP contribution in [0.15, 0.2) is 12.2 Å². The zero-order valence-corrected chi connectivity index (χ0v) is 13.0. The average molecular weight is 314 g/mol. The summed E-state index contributed by atoms with van der Waals surface area (Å²) in [6.07, 6.45) is 4.69. The van der Waals surface area contributed by atoms with Crippen LogP contribution in [0.4, 0.5) is 0 Å². The Morgan fingerprint density at radius 1 is 1.23 bits per heavy atom. The Hall–Kier alpha value is -0.500. The fraction of sp³-hybridized carbons (Fsp3) is 0.875. The van der Waals surface area contributed by atoms with Gasteiger partial charge in [0.1, 0.15) is 6.61 Å². The van der Waals surface area contributed by atoms with Gasteiger partial charge in [-0.2, -0.15) is 0 Å². The second kappa shape index (κ2) is 6.95. The van der Waals surface area contributed by atoms with Crippen LogP contribution in [-0.4, -0.2) is 60.9 Å². The van der Waals surface area contributed by atoms with E-state index in [1.165, 1.54) is 0 Å². The first kappa shape index (κ1) is 16.4. The summed E-state index contributed by atoms with van der Waals surface area (Å²) in [6, 6.07) is 0. The van der Waals surface area contributed by atoms with E-state index in [9.17, 15) is 10.2 Å². The summed E-state index contributed by atoms with van der Waals surface area (Å²) in [5, 5.41) is 19.8. The van der Waals surface area contributed by atoms with E-state index in [1.54, 1.807) is 0 Å². The molecule has 0 amide bonds. The summed E-state index contributed by atoms with van der Waals surface area (Å²) in [5.41, 5.74) is 0. The minimum Gasteiger partial charge on any atom is -0.392 e. The van der Waals surface area contributed by atoms with Gasteiger partial charge < -0.3 is 29.2 Å². The first-order valence-corrected chi connectivity index (χ1v) is 8.20. The van der Waals surface area contributed by atoms with Gasteiger partial charge in [0.05, 0.1) is 25.4 Å². The van der Waals surface area contributed by atoms with Crippen LogP contribution in [0, 0.1) is 11.8 Å². The second-order valence-electron chi connectivity index (χ2n) is 6.33. The van der Waals surface area contributed by atoms with E-state index in [0.29, 0.717) is 39.3 Å². The molecule has 3 aliphatic rings. The highest BCUT2D eigenvalue weighted by atomic mass is 16.8. The van der Waals surface area contributed by atoms with Crippen LogP contribution in [0.2, 0.25) is 0 Å². The molecule has 1 aliphatic carbocycles. The summed E-state index contributed by atoms with van der Waals surface area (Å²) < 4.78 is 22.5. The van der Waals surface area contributed by atoms with E-state index < -0.39 is 18.2 Å². The zero-order chi connectivity index (χ0) is 15.6. The molecule has 22 heavy (non-hydrogen) atoms. The molecule has 0 aromatic heterocycles. The third-order valence-corrected chi connectivity index (χ3v) is 4.70. The molecule has 3 fully saturated rings. The van der Waals surface area contributed by atoms with Gasteiger partial charge >= 0.3 is 0 Å². The van der Waals surface area contributed by atoms with E-state index in [4.69, 9.17) is 18.9 Å². The lowest BCUT2D eigenvalue weighted by Crippen LogP contribution is -2.34. The first-order chi connectivity index (χ1) is 10.6. The Labute approximate surface area is 131 Å². The van der Waals surface area contributed by atoms with Crippen molar-refractivity contribution in [3.8, 4) is 0 Å². The molecule has 2 saturated heterocycles. The van der Waals surface area contributed by atoms with Crippen molar-refractivity contribution in [1.82, 2.24) is 0 Å². The van der Waals surface area contributed by atoms with E-state index in [1.807, 2.05) is 12.2 Å². The molecular weight excluding hydrogens is 288 g/mol. The van der Waals surface area contributed by atoms with Crippen molar-refractivity contribution < 1.29 is 29.2 Å². The first-order valence-electron chi connectivity index (χ1n) is 8.20. The maximum absolute atomic E-state index is 10.2. The van der Waals surface area contributed by atoms with Gasteiger partial charge in [-0.3, -0.25) is 0 Å². The molecule has 1 unspecified atom stereocenters. The normalized spacial score (nSPS) is 40.6. The highest BCUT2D eigenvalue weighted by Gasteiger charge is 2.48. The Morgan fingerprint density at radius 2 is 2.00 bits per heavy atom. The highest BCUT2D eigenvalue weighted by Crippen LogP contribution is 2.43. The minimum atomic E-state index is -0.842. The van der Waals surface area contributed by atoms with Crippen LogP contribution in [0.25, 0.3) is 0 Å². The Kier molecular flexibility index (Phi) is 5.17. The zero-order valence-electron chi connectivity index (χ0n) is 13.0. The number of hydrogen-bond acceptors (Lipinski definition) is 6. The van der Waals surface area contributed by atoms with E-state index >= 15 is 0 Å². The number of fused-ring (bicyclic) bond motifs is 1. The van der Waals surface area contributed by atoms with Gasteiger partial charge in [0.2, 0.25) is 5.79 Å². The third-order valence-electron chi connectivity index (χ3n) is 4.70. The Morgan fingerprint density at radius 3 is 2.73 bits per heavy atom. The summed E-state index contributed by atoms with van der Waals surface area (Å²) >= 11 is 0. The Balaban J connectivity index is 1.65. The van der Waals surface area contributed by atoms with Gasteiger partial charge in [-0.05, 0) is 18.4 Å². The second-order valence-corrected chi connectivity index (χ2v) is 6.33. The van der Waals surface area contributed by atoms with E-state index in [-0.39, 0.29) is 17.9 Å². The van der Waals surface area contributed by atoms with Crippen LogP contribution in [-0.2, 0) is 18.9 Å². The van der Waals surface area contributed by atoms with Crippen molar-refractivity contribution in [1.29, 1.82) is 0 Å².